The zero-order chi connectivity index (χ0) is 33.0. The third-order valence-electron chi connectivity index (χ3n) is 11.3. The summed E-state index contributed by atoms with van der Waals surface area (Å²) < 4.78 is 0. The van der Waals surface area contributed by atoms with Gasteiger partial charge >= 0.3 is 0 Å². The molecule has 3 aliphatic rings. The average Bonchev–Trinajstić information content (AvgIpc) is 3.19. The molecular weight excluding hydrogens is 623 g/mol. The standard InChI is InChI=1S/C46H33N3Si/c1-2-50-44-38-24-14-26-40(44)48(33-19-8-4-9-20-33)42-30-37-35-23-13-12-16-31(35)28-29-36(37)43(46(42)50)49(34-21-10-5-11-22-34)41-27-15-25-39(45(41)50)47(38)32-17-6-3-7-18-32/h3-30H,2H2,1H3. The molecule has 0 amide bonds. The molecule has 3 nitrogen and oxygen atoms in total. The Morgan fingerprint density at radius 3 is 1.42 bits per heavy atom. The summed E-state index contributed by atoms with van der Waals surface area (Å²) in [5, 5.41) is 9.69. The third kappa shape index (κ3) is 3.43. The fraction of sp³-hybridized carbons (Fsp3) is 0.0435. The van der Waals surface area contributed by atoms with Crippen molar-refractivity contribution in [2.24, 2.45) is 0 Å². The molecule has 50 heavy (non-hydrogen) atoms. The first-order valence-corrected chi connectivity index (χ1v) is 19.8. The topological polar surface area (TPSA) is 9.72 Å². The molecular formula is C46H33N3Si. The van der Waals surface area contributed by atoms with Crippen molar-refractivity contribution in [1.82, 2.24) is 0 Å². The number of benzene rings is 8. The average molecular weight is 656 g/mol. The van der Waals surface area contributed by atoms with Crippen LogP contribution in [0.3, 0.4) is 0 Å². The zero-order valence-electron chi connectivity index (χ0n) is 27.7. The molecule has 0 saturated carbocycles. The molecule has 0 saturated heterocycles. The van der Waals surface area contributed by atoms with Gasteiger partial charge in [-0.2, -0.15) is 0 Å². The van der Waals surface area contributed by atoms with Crippen molar-refractivity contribution < 1.29 is 0 Å². The Hall–Kier alpha value is -6.10. The molecule has 0 bridgehead atoms. The van der Waals surface area contributed by atoms with Crippen LogP contribution < -0.4 is 30.3 Å². The molecule has 11 rings (SSSR count). The van der Waals surface area contributed by atoms with E-state index >= 15 is 0 Å². The smallest absolute Gasteiger partial charge is 0.164 e. The summed E-state index contributed by atoms with van der Waals surface area (Å²) in [6.07, 6.45) is 0. The highest BCUT2D eigenvalue weighted by Crippen LogP contribution is 2.55. The van der Waals surface area contributed by atoms with Gasteiger partial charge in [-0.3, -0.25) is 0 Å². The maximum Gasteiger partial charge on any atom is 0.164 e. The molecule has 1 unspecified atom stereocenters. The Morgan fingerprint density at radius 1 is 0.380 bits per heavy atom. The number of para-hydroxylation sites is 3. The summed E-state index contributed by atoms with van der Waals surface area (Å²) in [6.45, 7) is 2.46. The number of anilines is 9. The first-order chi connectivity index (χ1) is 24.8. The molecule has 236 valence electrons. The Kier molecular flexibility index (Phi) is 5.68. The van der Waals surface area contributed by atoms with Gasteiger partial charge in [0.25, 0.3) is 0 Å². The minimum absolute atomic E-state index is 1.06. The van der Waals surface area contributed by atoms with E-state index in [0.29, 0.717) is 0 Å². The third-order valence-corrected chi connectivity index (χ3v) is 16.5. The van der Waals surface area contributed by atoms with Crippen LogP contribution in [-0.4, -0.2) is 8.07 Å². The van der Waals surface area contributed by atoms with Crippen LogP contribution in [0, 0.1) is 0 Å². The Balaban J connectivity index is 1.40. The molecule has 8 aromatic rings. The first-order valence-electron chi connectivity index (χ1n) is 17.6. The summed E-state index contributed by atoms with van der Waals surface area (Å²) in [6, 6.07) is 64.3. The first kappa shape index (κ1) is 27.8. The zero-order valence-corrected chi connectivity index (χ0v) is 28.7. The minimum Gasteiger partial charge on any atom is -0.311 e. The fourth-order valence-corrected chi connectivity index (χ4v) is 15.1. The van der Waals surface area contributed by atoms with Crippen LogP contribution in [-0.2, 0) is 0 Å². The van der Waals surface area contributed by atoms with Crippen molar-refractivity contribution >= 4 is 96.4 Å². The highest BCUT2D eigenvalue weighted by molar-refractivity contribution is 7.17. The van der Waals surface area contributed by atoms with E-state index in [4.69, 9.17) is 0 Å². The molecule has 3 heterocycles. The van der Waals surface area contributed by atoms with Gasteiger partial charge in [0.1, 0.15) is 0 Å². The van der Waals surface area contributed by atoms with Crippen molar-refractivity contribution in [2.75, 3.05) is 14.7 Å². The molecule has 0 aliphatic carbocycles. The maximum absolute atomic E-state index is 2.66. The van der Waals surface area contributed by atoms with Gasteiger partial charge in [-0.25, -0.2) is 0 Å². The lowest BCUT2D eigenvalue weighted by Gasteiger charge is -2.55. The number of hydrogen-bond donors (Lipinski definition) is 0. The number of nitrogens with zero attached hydrogens (tertiary/aromatic N) is 3. The van der Waals surface area contributed by atoms with Gasteiger partial charge in [0, 0.05) is 50.9 Å². The molecule has 0 radical (unpaired) electrons. The van der Waals surface area contributed by atoms with Crippen LogP contribution >= 0.6 is 0 Å². The number of fused-ring (bicyclic) bond motifs is 4. The number of hydrogen-bond acceptors (Lipinski definition) is 3. The summed E-state index contributed by atoms with van der Waals surface area (Å²) in [5.74, 6) is 0. The van der Waals surface area contributed by atoms with Crippen molar-refractivity contribution in [3.8, 4) is 0 Å². The Morgan fingerprint density at radius 2 is 0.860 bits per heavy atom. The maximum atomic E-state index is 2.60. The Bertz CT molecular complexity index is 2640. The summed E-state index contributed by atoms with van der Waals surface area (Å²) in [7, 11) is -2.66. The minimum atomic E-state index is -2.66. The lowest BCUT2D eigenvalue weighted by atomic mass is 9.97. The molecule has 4 heteroatoms. The SMILES string of the molecule is CC[Si]12c3c4cccc3N(c3ccccc3)c3cc5c(ccc6ccccc65)c(c31)N(c1ccccc1)c1cccc(c12)N4c1ccccc1. The summed E-state index contributed by atoms with van der Waals surface area (Å²) in [4.78, 5) is 7.71. The van der Waals surface area contributed by atoms with Gasteiger partial charge in [0.05, 0.1) is 5.69 Å². The van der Waals surface area contributed by atoms with Crippen LogP contribution in [0.25, 0.3) is 21.5 Å². The van der Waals surface area contributed by atoms with Crippen molar-refractivity contribution in [3.05, 3.63) is 170 Å². The largest absolute Gasteiger partial charge is 0.311 e. The van der Waals surface area contributed by atoms with Crippen LogP contribution in [0.15, 0.2) is 170 Å². The molecule has 3 aliphatic heterocycles. The Labute approximate surface area is 292 Å². The molecule has 0 spiro atoms. The second kappa shape index (κ2) is 10.2. The van der Waals surface area contributed by atoms with E-state index in [0.717, 1.165) is 6.04 Å². The fourth-order valence-electron chi connectivity index (χ4n) is 9.47. The summed E-state index contributed by atoms with van der Waals surface area (Å²) >= 11 is 0. The predicted octanol–water partition coefficient (Wildman–Crippen LogP) is 10.8. The second-order valence-electron chi connectivity index (χ2n) is 13.6. The lowest BCUT2D eigenvalue weighted by molar-refractivity contribution is 1.20. The van der Waals surface area contributed by atoms with E-state index in [-0.39, 0.29) is 0 Å². The van der Waals surface area contributed by atoms with Crippen molar-refractivity contribution in [1.29, 1.82) is 0 Å². The van der Waals surface area contributed by atoms with E-state index in [1.807, 2.05) is 0 Å². The normalized spacial score (nSPS) is 16.5. The van der Waals surface area contributed by atoms with E-state index in [2.05, 4.69) is 191 Å². The van der Waals surface area contributed by atoms with Gasteiger partial charge < -0.3 is 14.7 Å². The van der Waals surface area contributed by atoms with Gasteiger partial charge in [-0.15, -0.1) is 0 Å². The van der Waals surface area contributed by atoms with Crippen molar-refractivity contribution in [2.45, 2.75) is 13.0 Å². The van der Waals surface area contributed by atoms with Gasteiger partial charge in [0.2, 0.25) is 0 Å². The van der Waals surface area contributed by atoms with E-state index in [1.54, 1.807) is 0 Å². The predicted molar refractivity (Wildman–Crippen MR) is 214 cm³/mol. The molecule has 0 N–H and O–H groups in total. The monoisotopic (exact) mass is 655 g/mol. The molecule has 1 atom stereocenters. The van der Waals surface area contributed by atoms with Crippen LogP contribution in [0.1, 0.15) is 6.92 Å². The highest BCUT2D eigenvalue weighted by atomic mass is 28.3. The summed E-state index contributed by atoms with van der Waals surface area (Å²) in [5.41, 5.74) is 11.4. The lowest BCUT2D eigenvalue weighted by Crippen LogP contribution is -2.75. The van der Waals surface area contributed by atoms with Gasteiger partial charge in [-0.1, -0.05) is 110 Å². The van der Waals surface area contributed by atoms with E-state index in [1.165, 1.54) is 88.3 Å². The van der Waals surface area contributed by atoms with Crippen molar-refractivity contribution in [3.63, 3.8) is 0 Å². The van der Waals surface area contributed by atoms with Crippen LogP contribution in [0.5, 0.6) is 0 Å². The molecule has 0 fully saturated rings. The van der Waals surface area contributed by atoms with Gasteiger partial charge in [0.15, 0.2) is 8.07 Å². The second-order valence-corrected chi connectivity index (χ2v) is 17.6. The quantitative estimate of drug-likeness (QED) is 0.138. The molecule has 0 aromatic heterocycles. The van der Waals surface area contributed by atoms with E-state index in [9.17, 15) is 0 Å². The van der Waals surface area contributed by atoms with Crippen LogP contribution in [0.4, 0.5) is 51.2 Å². The van der Waals surface area contributed by atoms with E-state index < -0.39 is 8.07 Å². The van der Waals surface area contributed by atoms with Gasteiger partial charge in [-0.05, 0) is 104 Å². The number of rotatable bonds is 4. The van der Waals surface area contributed by atoms with Crippen LogP contribution in [0.2, 0.25) is 6.04 Å². The molecule has 8 aromatic carbocycles. The highest BCUT2D eigenvalue weighted by Gasteiger charge is 2.58.